The van der Waals surface area contributed by atoms with E-state index in [-0.39, 0.29) is 11.0 Å². The first-order valence-corrected chi connectivity index (χ1v) is 11.7. The Morgan fingerprint density at radius 1 is 0.824 bits per heavy atom. The minimum absolute atomic E-state index is 0.0312. The second-order valence-electron chi connectivity index (χ2n) is 9.95. The summed E-state index contributed by atoms with van der Waals surface area (Å²) in [6.45, 7) is 16.9. The molecule has 2 heterocycles. The van der Waals surface area contributed by atoms with Crippen LogP contribution in [0.25, 0.3) is 56.0 Å². The fraction of sp³-hybridized carbons (Fsp3) is 0.156. The molecule has 34 heavy (non-hydrogen) atoms. The van der Waals surface area contributed by atoms with Crippen LogP contribution in [-0.2, 0) is 5.41 Å². The highest BCUT2D eigenvalue weighted by Gasteiger charge is 2.33. The Kier molecular flexibility index (Phi) is 4.14. The molecule has 2 aromatic heterocycles. The molecular weight excluding hydrogens is 414 g/mol. The van der Waals surface area contributed by atoms with Gasteiger partial charge in [-0.25, -0.2) is 0 Å². The van der Waals surface area contributed by atoms with Crippen LogP contribution in [-0.4, -0.2) is 4.40 Å². The van der Waals surface area contributed by atoms with Gasteiger partial charge in [0.1, 0.15) is 0 Å². The Balaban J connectivity index is 1.66. The van der Waals surface area contributed by atoms with Crippen molar-refractivity contribution in [3.63, 3.8) is 0 Å². The molecule has 1 aliphatic rings. The smallest absolute Gasteiger partial charge is 0.263 e. The van der Waals surface area contributed by atoms with Crippen LogP contribution in [0.15, 0.2) is 78.1 Å². The van der Waals surface area contributed by atoms with Crippen LogP contribution >= 0.6 is 0 Å². The number of allylic oxidation sites excluding steroid dienone is 2. The van der Waals surface area contributed by atoms with Gasteiger partial charge in [0.15, 0.2) is 0 Å². The van der Waals surface area contributed by atoms with Crippen LogP contribution < -0.4 is 5.56 Å². The Hall–Kier alpha value is -3.91. The monoisotopic (exact) mass is 441 g/mol. The van der Waals surface area contributed by atoms with Gasteiger partial charge >= 0.3 is 0 Å². The van der Waals surface area contributed by atoms with Crippen molar-refractivity contribution >= 4 is 44.9 Å². The van der Waals surface area contributed by atoms with Crippen LogP contribution in [0.5, 0.6) is 0 Å². The fourth-order valence-corrected chi connectivity index (χ4v) is 5.92. The van der Waals surface area contributed by atoms with Gasteiger partial charge in [-0.15, -0.1) is 0 Å². The minimum atomic E-state index is -0.0485. The Labute approximate surface area is 199 Å². The number of rotatable bonds is 3. The molecule has 2 heteroatoms. The van der Waals surface area contributed by atoms with Gasteiger partial charge in [0.25, 0.3) is 5.56 Å². The van der Waals surface area contributed by atoms with E-state index in [9.17, 15) is 4.79 Å². The largest absolute Gasteiger partial charge is 0.275 e. The average Bonchev–Trinajstić information content (AvgIpc) is 3.27. The summed E-state index contributed by atoms with van der Waals surface area (Å²) in [5, 5.41) is 3.19. The standard InChI is InChI=1S/C32H27NO/c1-7-22-23(8-2)31(34)33-29-15-13-20(16-27(29)26-11-9-10-25(22)30(26)33)21-12-14-24-18(3)19(4)32(5,6)28(24)17-21/h7-17H,1-2H2,3-6H3. The van der Waals surface area contributed by atoms with Crippen molar-refractivity contribution in [2.24, 2.45) is 0 Å². The van der Waals surface area contributed by atoms with E-state index in [1.807, 2.05) is 4.40 Å². The molecule has 0 unspecified atom stereocenters. The Morgan fingerprint density at radius 3 is 2.24 bits per heavy atom. The van der Waals surface area contributed by atoms with E-state index in [2.05, 4.69) is 95.5 Å². The van der Waals surface area contributed by atoms with E-state index in [4.69, 9.17) is 0 Å². The number of benzene rings is 3. The lowest BCUT2D eigenvalue weighted by Gasteiger charge is -2.23. The Morgan fingerprint density at radius 2 is 1.50 bits per heavy atom. The maximum Gasteiger partial charge on any atom is 0.263 e. The summed E-state index contributed by atoms with van der Waals surface area (Å²) >= 11 is 0. The zero-order valence-electron chi connectivity index (χ0n) is 20.1. The van der Waals surface area contributed by atoms with Crippen molar-refractivity contribution in [3.8, 4) is 11.1 Å². The van der Waals surface area contributed by atoms with E-state index in [0.29, 0.717) is 5.56 Å². The molecule has 0 N–H and O–H groups in total. The highest BCUT2D eigenvalue weighted by atomic mass is 16.1. The van der Waals surface area contributed by atoms with Gasteiger partial charge in [0.2, 0.25) is 0 Å². The summed E-state index contributed by atoms with van der Waals surface area (Å²) < 4.78 is 1.84. The molecule has 0 spiro atoms. The topological polar surface area (TPSA) is 21.5 Å². The minimum Gasteiger partial charge on any atom is -0.275 e. The molecule has 0 amide bonds. The first-order chi connectivity index (χ1) is 16.3. The molecule has 6 rings (SSSR count). The number of para-hydroxylation sites is 1. The van der Waals surface area contributed by atoms with Crippen molar-refractivity contribution < 1.29 is 0 Å². The molecule has 0 aliphatic heterocycles. The molecule has 0 bridgehead atoms. The summed E-state index contributed by atoms with van der Waals surface area (Å²) in [5.41, 5.74) is 11.2. The summed E-state index contributed by atoms with van der Waals surface area (Å²) in [6.07, 6.45) is 3.41. The summed E-state index contributed by atoms with van der Waals surface area (Å²) in [4.78, 5) is 13.5. The van der Waals surface area contributed by atoms with Gasteiger partial charge in [-0.3, -0.25) is 9.20 Å². The molecule has 0 saturated heterocycles. The van der Waals surface area contributed by atoms with Crippen molar-refractivity contribution in [1.29, 1.82) is 0 Å². The third-order valence-corrected chi connectivity index (χ3v) is 8.14. The highest BCUT2D eigenvalue weighted by molar-refractivity contribution is 6.16. The van der Waals surface area contributed by atoms with Crippen LogP contribution in [0.2, 0.25) is 0 Å². The van der Waals surface area contributed by atoms with E-state index >= 15 is 0 Å². The molecule has 0 saturated carbocycles. The number of aromatic nitrogens is 1. The molecule has 1 aliphatic carbocycles. The molecule has 0 radical (unpaired) electrons. The molecule has 0 atom stereocenters. The number of pyridine rings is 1. The number of hydrogen-bond donors (Lipinski definition) is 0. The van der Waals surface area contributed by atoms with Crippen LogP contribution in [0.3, 0.4) is 0 Å². The summed E-state index contributed by atoms with van der Waals surface area (Å²) in [6, 6.07) is 19.5. The molecule has 166 valence electrons. The molecule has 0 fully saturated rings. The Bertz CT molecular complexity index is 1790. The zero-order valence-corrected chi connectivity index (χ0v) is 20.1. The zero-order chi connectivity index (χ0) is 23.9. The number of fused-ring (bicyclic) bond motifs is 4. The van der Waals surface area contributed by atoms with E-state index in [1.54, 1.807) is 12.2 Å². The fourth-order valence-electron chi connectivity index (χ4n) is 5.92. The maximum absolute atomic E-state index is 13.5. The van der Waals surface area contributed by atoms with Gasteiger partial charge in [-0.1, -0.05) is 81.1 Å². The third kappa shape index (κ3) is 2.43. The van der Waals surface area contributed by atoms with Crippen molar-refractivity contribution in [1.82, 2.24) is 4.40 Å². The van der Waals surface area contributed by atoms with Crippen molar-refractivity contribution in [2.45, 2.75) is 33.1 Å². The predicted molar refractivity (Wildman–Crippen MR) is 147 cm³/mol. The normalized spacial score (nSPS) is 14.9. The molecule has 5 aromatic rings. The maximum atomic E-state index is 13.5. The molecule has 3 aromatic carbocycles. The van der Waals surface area contributed by atoms with E-state index in [0.717, 1.165) is 38.3 Å². The van der Waals surface area contributed by atoms with Gasteiger partial charge in [-0.05, 0) is 65.4 Å². The van der Waals surface area contributed by atoms with Crippen molar-refractivity contribution in [3.05, 3.63) is 106 Å². The van der Waals surface area contributed by atoms with Crippen LogP contribution in [0.4, 0.5) is 0 Å². The van der Waals surface area contributed by atoms with Crippen LogP contribution in [0.1, 0.15) is 49.9 Å². The predicted octanol–water partition coefficient (Wildman–Crippen LogP) is 8.08. The lowest BCUT2D eigenvalue weighted by atomic mass is 9.81. The van der Waals surface area contributed by atoms with Gasteiger partial charge in [-0.2, -0.15) is 0 Å². The first-order valence-electron chi connectivity index (χ1n) is 11.7. The van der Waals surface area contributed by atoms with E-state index in [1.165, 1.54) is 27.8 Å². The number of hydrogen-bond acceptors (Lipinski definition) is 1. The SMILES string of the molecule is C=Cc1c(C=C)c2cccc3c4cc(-c5ccc6c(c5)C(C)(C)C(C)=C6C)ccc4n(c1=O)c23. The quantitative estimate of drug-likeness (QED) is 0.277. The summed E-state index contributed by atoms with van der Waals surface area (Å²) in [5.74, 6) is 0. The number of nitrogens with zero attached hydrogens (tertiary/aromatic N) is 1. The average molecular weight is 442 g/mol. The lowest BCUT2D eigenvalue weighted by Crippen LogP contribution is -2.17. The van der Waals surface area contributed by atoms with E-state index < -0.39 is 0 Å². The molecule has 2 nitrogen and oxygen atoms in total. The second kappa shape index (κ2) is 6.80. The van der Waals surface area contributed by atoms with Crippen molar-refractivity contribution in [2.75, 3.05) is 0 Å². The summed E-state index contributed by atoms with van der Waals surface area (Å²) in [7, 11) is 0. The second-order valence-corrected chi connectivity index (χ2v) is 9.95. The van der Waals surface area contributed by atoms with Gasteiger partial charge in [0.05, 0.1) is 11.0 Å². The van der Waals surface area contributed by atoms with Crippen LogP contribution in [0, 0.1) is 0 Å². The third-order valence-electron chi connectivity index (χ3n) is 8.14. The molecular formula is C32H27NO. The van der Waals surface area contributed by atoms with Gasteiger partial charge < -0.3 is 0 Å². The van der Waals surface area contributed by atoms with Gasteiger partial charge in [0, 0.05) is 27.1 Å². The highest BCUT2D eigenvalue weighted by Crippen LogP contribution is 2.47. The lowest BCUT2D eigenvalue weighted by molar-refractivity contribution is 0.639. The first kappa shape index (κ1) is 20.7.